The van der Waals surface area contributed by atoms with Crippen LogP contribution < -0.4 is 10.6 Å². The van der Waals surface area contributed by atoms with E-state index in [4.69, 9.17) is 11.0 Å². The molecule has 4 heterocycles. The Labute approximate surface area is 164 Å². The third-order valence-corrected chi connectivity index (χ3v) is 7.21. The van der Waals surface area contributed by atoms with Gasteiger partial charge in [0.2, 0.25) is 5.91 Å². The molecule has 28 heavy (non-hydrogen) atoms. The topological polar surface area (TPSA) is 110 Å². The molecule has 3 aliphatic heterocycles. The maximum Gasteiger partial charge on any atom is 0.241 e. The lowest BCUT2D eigenvalue weighted by Gasteiger charge is -2.42. The number of aromatic nitrogens is 1. The molecule has 4 aliphatic rings. The number of carbonyl (C=O) groups excluding carboxylic acids is 1. The van der Waals surface area contributed by atoms with Crippen LogP contribution in [0, 0.1) is 34.5 Å². The van der Waals surface area contributed by atoms with Crippen LogP contribution in [0.1, 0.15) is 44.1 Å². The Morgan fingerprint density at radius 1 is 1.18 bits per heavy atom. The summed E-state index contributed by atoms with van der Waals surface area (Å²) in [5.41, 5.74) is 7.04. The van der Waals surface area contributed by atoms with Crippen LogP contribution in [-0.4, -0.2) is 46.0 Å². The predicted octanol–water partition coefficient (Wildman–Crippen LogP) is 1.54. The van der Waals surface area contributed by atoms with Gasteiger partial charge in [0.05, 0.1) is 17.7 Å². The van der Waals surface area contributed by atoms with Gasteiger partial charge in [-0.25, -0.2) is 4.98 Å². The number of rotatable bonds is 3. The molecule has 1 aliphatic carbocycles. The third kappa shape index (κ3) is 2.65. The Bertz CT molecular complexity index is 856. The molecule has 0 aromatic carbocycles. The minimum Gasteiger partial charge on any atom is -0.351 e. The maximum absolute atomic E-state index is 13.1. The summed E-state index contributed by atoms with van der Waals surface area (Å²) in [5.74, 6) is 1.55. The average molecular weight is 376 g/mol. The van der Waals surface area contributed by atoms with Crippen LogP contribution >= 0.6 is 0 Å². The Balaban J connectivity index is 1.30. The average Bonchev–Trinajstić information content (AvgIpc) is 3.32. The summed E-state index contributed by atoms with van der Waals surface area (Å²) in [6.07, 6.45) is 7.39. The van der Waals surface area contributed by atoms with Gasteiger partial charge in [0.15, 0.2) is 0 Å². The lowest BCUT2D eigenvalue weighted by atomic mass is 9.84. The molecule has 4 fully saturated rings. The first-order valence-electron chi connectivity index (χ1n) is 10.2. The summed E-state index contributed by atoms with van der Waals surface area (Å²) in [6.45, 7) is 0. The molecule has 1 aromatic heterocycles. The lowest BCUT2D eigenvalue weighted by Crippen LogP contribution is -2.54. The number of likely N-dealkylation sites (tertiary alicyclic amines) is 1. The van der Waals surface area contributed by atoms with E-state index in [2.05, 4.69) is 22.0 Å². The monoisotopic (exact) mass is 376 g/mol. The van der Waals surface area contributed by atoms with Crippen molar-refractivity contribution in [1.29, 1.82) is 10.5 Å². The van der Waals surface area contributed by atoms with Crippen molar-refractivity contribution >= 4 is 11.7 Å². The number of piperidine rings is 2. The summed E-state index contributed by atoms with van der Waals surface area (Å²) in [7, 11) is 0. The molecule has 2 N–H and O–H groups in total. The van der Waals surface area contributed by atoms with Gasteiger partial charge in [-0.1, -0.05) is 0 Å². The van der Waals surface area contributed by atoms with Crippen molar-refractivity contribution in [3.05, 3.63) is 23.9 Å². The van der Waals surface area contributed by atoms with Crippen LogP contribution in [0.2, 0.25) is 0 Å². The SMILES string of the molecule is N#Cc1ccc(N2C3CCC2CC(C(N)C(=O)N2C(C#N)CC4CC42)C3)nc1. The van der Waals surface area contributed by atoms with Crippen LogP contribution in [0.4, 0.5) is 5.82 Å². The molecule has 1 amide bonds. The van der Waals surface area contributed by atoms with Gasteiger partial charge < -0.3 is 15.5 Å². The largest absolute Gasteiger partial charge is 0.351 e. The molecule has 0 spiro atoms. The number of carbonyl (C=O) groups is 1. The second kappa shape index (κ2) is 6.46. The normalized spacial score (nSPS) is 36.4. The van der Waals surface area contributed by atoms with Crippen LogP contribution in [0.5, 0.6) is 0 Å². The molecule has 3 saturated heterocycles. The van der Waals surface area contributed by atoms with E-state index in [1.165, 1.54) is 0 Å². The van der Waals surface area contributed by atoms with Gasteiger partial charge in [-0.15, -0.1) is 0 Å². The highest BCUT2D eigenvalue weighted by molar-refractivity contribution is 5.84. The highest BCUT2D eigenvalue weighted by Crippen LogP contribution is 2.48. The number of amides is 1. The lowest BCUT2D eigenvalue weighted by molar-refractivity contribution is -0.135. The van der Waals surface area contributed by atoms with Crippen LogP contribution in [0.3, 0.4) is 0 Å². The first-order valence-corrected chi connectivity index (χ1v) is 10.2. The summed E-state index contributed by atoms with van der Waals surface area (Å²) < 4.78 is 0. The summed E-state index contributed by atoms with van der Waals surface area (Å²) in [6, 6.07) is 8.25. The molecular formula is C21H24N6O. The van der Waals surface area contributed by atoms with E-state index >= 15 is 0 Å². The van der Waals surface area contributed by atoms with E-state index in [1.807, 2.05) is 12.1 Å². The van der Waals surface area contributed by atoms with Crippen molar-refractivity contribution in [2.75, 3.05) is 4.90 Å². The number of hydrogen-bond donors (Lipinski definition) is 1. The fourth-order valence-electron chi connectivity index (χ4n) is 5.75. The molecule has 0 radical (unpaired) electrons. The highest BCUT2D eigenvalue weighted by Gasteiger charge is 2.55. The number of nitrogens with zero attached hydrogens (tertiary/aromatic N) is 5. The molecular weight excluding hydrogens is 352 g/mol. The molecule has 7 heteroatoms. The van der Waals surface area contributed by atoms with Gasteiger partial charge >= 0.3 is 0 Å². The smallest absolute Gasteiger partial charge is 0.241 e. The number of nitrogens with two attached hydrogens (primary N) is 1. The van der Waals surface area contributed by atoms with Crippen LogP contribution in [-0.2, 0) is 4.79 Å². The zero-order valence-corrected chi connectivity index (χ0v) is 15.7. The van der Waals surface area contributed by atoms with Gasteiger partial charge in [-0.05, 0) is 62.5 Å². The Morgan fingerprint density at radius 2 is 1.93 bits per heavy atom. The van der Waals surface area contributed by atoms with E-state index in [1.54, 1.807) is 11.1 Å². The van der Waals surface area contributed by atoms with Crippen molar-refractivity contribution in [1.82, 2.24) is 9.88 Å². The standard InChI is InChI=1S/C21H24N6O/c22-9-12-1-4-19(25-11-12)26-15-2-3-16(26)7-14(6-15)20(24)21(28)27-17(10-23)5-13-8-18(13)27/h1,4,11,13-18,20H,2-3,5-8,24H2. The Morgan fingerprint density at radius 3 is 2.54 bits per heavy atom. The number of anilines is 1. The summed E-state index contributed by atoms with van der Waals surface area (Å²) in [4.78, 5) is 21.7. The van der Waals surface area contributed by atoms with Crippen LogP contribution in [0.15, 0.2) is 18.3 Å². The fraction of sp³-hybridized carbons (Fsp3) is 0.619. The van der Waals surface area contributed by atoms with Gasteiger partial charge in [-0.3, -0.25) is 4.79 Å². The molecule has 144 valence electrons. The predicted molar refractivity (Wildman–Crippen MR) is 102 cm³/mol. The van der Waals surface area contributed by atoms with Gasteiger partial charge in [0.1, 0.15) is 17.9 Å². The summed E-state index contributed by atoms with van der Waals surface area (Å²) in [5, 5.41) is 18.4. The van der Waals surface area contributed by atoms with Gasteiger partial charge in [0, 0.05) is 24.3 Å². The Hall–Kier alpha value is -2.64. The molecule has 5 rings (SSSR count). The number of pyridine rings is 1. The molecule has 1 aromatic rings. The first-order chi connectivity index (χ1) is 13.6. The van der Waals surface area contributed by atoms with E-state index < -0.39 is 6.04 Å². The van der Waals surface area contributed by atoms with E-state index in [9.17, 15) is 10.1 Å². The zero-order chi connectivity index (χ0) is 19.4. The molecule has 1 saturated carbocycles. The van der Waals surface area contributed by atoms with Crippen LogP contribution in [0.25, 0.3) is 0 Å². The van der Waals surface area contributed by atoms with E-state index in [0.29, 0.717) is 23.6 Å². The van der Waals surface area contributed by atoms with Gasteiger partial charge in [0.25, 0.3) is 0 Å². The molecule has 6 unspecified atom stereocenters. The van der Waals surface area contributed by atoms with Gasteiger partial charge in [-0.2, -0.15) is 10.5 Å². The minimum absolute atomic E-state index is 0.0223. The molecule has 7 nitrogen and oxygen atoms in total. The second-order valence-electron chi connectivity index (χ2n) is 8.76. The number of nitriles is 2. The fourth-order valence-corrected chi connectivity index (χ4v) is 5.75. The van der Waals surface area contributed by atoms with Crippen molar-refractivity contribution < 1.29 is 4.79 Å². The number of hydrogen-bond acceptors (Lipinski definition) is 6. The minimum atomic E-state index is -0.519. The summed E-state index contributed by atoms with van der Waals surface area (Å²) >= 11 is 0. The van der Waals surface area contributed by atoms with E-state index in [-0.39, 0.29) is 23.9 Å². The maximum atomic E-state index is 13.1. The van der Waals surface area contributed by atoms with Crippen molar-refractivity contribution in [2.24, 2.45) is 17.6 Å². The van der Waals surface area contributed by atoms with Crippen molar-refractivity contribution in [2.45, 2.75) is 68.7 Å². The Kier molecular flexibility index (Phi) is 4.03. The quantitative estimate of drug-likeness (QED) is 0.857. The third-order valence-electron chi connectivity index (χ3n) is 7.21. The molecule has 2 bridgehead atoms. The zero-order valence-electron chi connectivity index (χ0n) is 15.7. The number of fused-ring (bicyclic) bond motifs is 3. The molecule has 6 atom stereocenters. The highest BCUT2D eigenvalue weighted by atomic mass is 16.2. The van der Waals surface area contributed by atoms with E-state index in [0.717, 1.165) is 44.3 Å². The second-order valence-corrected chi connectivity index (χ2v) is 8.76. The van der Waals surface area contributed by atoms with Crippen molar-refractivity contribution in [3.8, 4) is 12.1 Å². The first kappa shape index (κ1) is 17.5. The van der Waals surface area contributed by atoms with Crippen molar-refractivity contribution in [3.63, 3.8) is 0 Å².